The van der Waals surface area contributed by atoms with Crippen molar-refractivity contribution in [2.24, 2.45) is 0 Å². The summed E-state index contributed by atoms with van der Waals surface area (Å²) in [6, 6.07) is 3.92. The van der Waals surface area contributed by atoms with Crippen LogP contribution < -0.4 is 4.72 Å². The van der Waals surface area contributed by atoms with E-state index in [1.165, 1.54) is 12.5 Å². The lowest BCUT2D eigenvalue weighted by Gasteiger charge is -2.06. The number of H-pyrrole nitrogens is 1. The summed E-state index contributed by atoms with van der Waals surface area (Å²) in [6.07, 6.45) is 6.00. The first kappa shape index (κ1) is 13.9. The van der Waals surface area contributed by atoms with Crippen LogP contribution in [0, 0.1) is 0 Å². The highest BCUT2D eigenvalue weighted by atomic mass is 32.2. The van der Waals surface area contributed by atoms with Crippen LogP contribution in [-0.4, -0.2) is 23.4 Å². The third-order valence-electron chi connectivity index (χ3n) is 2.88. The maximum absolute atomic E-state index is 12.0. The van der Waals surface area contributed by atoms with Gasteiger partial charge < -0.3 is 4.98 Å². The first-order chi connectivity index (χ1) is 10.1. The fraction of sp³-hybridized carbons (Fsp3) is 0.0769. The van der Waals surface area contributed by atoms with E-state index in [1.54, 1.807) is 23.7 Å². The molecule has 3 aromatic heterocycles. The topological polar surface area (TPSA) is 87.7 Å². The van der Waals surface area contributed by atoms with Gasteiger partial charge in [-0.2, -0.15) is 11.3 Å². The van der Waals surface area contributed by atoms with E-state index in [1.807, 2.05) is 22.9 Å². The number of sulfonamides is 1. The van der Waals surface area contributed by atoms with E-state index >= 15 is 0 Å². The molecule has 0 saturated carbocycles. The SMILES string of the molecule is O=S(=O)(NCc1cncc(-c2ccsc2)c1)c1cnc[nH]1. The highest BCUT2D eigenvalue weighted by Crippen LogP contribution is 2.22. The molecule has 6 nitrogen and oxygen atoms in total. The molecule has 3 rings (SSSR count). The average Bonchev–Trinajstić information content (AvgIpc) is 3.18. The van der Waals surface area contributed by atoms with Crippen LogP contribution in [0.2, 0.25) is 0 Å². The van der Waals surface area contributed by atoms with Gasteiger partial charge in [0.05, 0.1) is 12.5 Å². The molecule has 8 heteroatoms. The molecule has 0 radical (unpaired) electrons. The van der Waals surface area contributed by atoms with Crippen LogP contribution in [0.4, 0.5) is 0 Å². The summed E-state index contributed by atoms with van der Waals surface area (Å²) in [5.41, 5.74) is 2.84. The monoisotopic (exact) mass is 320 g/mol. The third-order valence-corrected chi connectivity index (χ3v) is 4.89. The molecule has 21 heavy (non-hydrogen) atoms. The Balaban J connectivity index is 1.76. The number of rotatable bonds is 5. The summed E-state index contributed by atoms with van der Waals surface area (Å²) in [5, 5.41) is 4.06. The second kappa shape index (κ2) is 5.76. The van der Waals surface area contributed by atoms with Crippen molar-refractivity contribution in [2.45, 2.75) is 11.6 Å². The van der Waals surface area contributed by atoms with E-state index in [-0.39, 0.29) is 11.6 Å². The van der Waals surface area contributed by atoms with Crippen molar-refractivity contribution in [2.75, 3.05) is 0 Å². The van der Waals surface area contributed by atoms with Crippen LogP contribution in [0.1, 0.15) is 5.56 Å². The molecule has 3 aromatic rings. The van der Waals surface area contributed by atoms with Crippen molar-refractivity contribution in [3.8, 4) is 11.1 Å². The van der Waals surface area contributed by atoms with E-state index in [0.29, 0.717) is 0 Å². The van der Waals surface area contributed by atoms with Crippen molar-refractivity contribution >= 4 is 21.4 Å². The van der Waals surface area contributed by atoms with Crippen LogP contribution in [0.25, 0.3) is 11.1 Å². The first-order valence-electron chi connectivity index (χ1n) is 6.10. The summed E-state index contributed by atoms with van der Waals surface area (Å²) in [5.74, 6) is 0. The van der Waals surface area contributed by atoms with Gasteiger partial charge in [0.2, 0.25) is 0 Å². The minimum atomic E-state index is -3.58. The lowest BCUT2D eigenvalue weighted by Crippen LogP contribution is -2.23. The molecule has 0 unspecified atom stereocenters. The van der Waals surface area contributed by atoms with Gasteiger partial charge in [-0.05, 0) is 34.0 Å². The summed E-state index contributed by atoms with van der Waals surface area (Å²) in [7, 11) is -3.58. The number of aromatic nitrogens is 3. The van der Waals surface area contributed by atoms with Gasteiger partial charge in [-0.3, -0.25) is 4.98 Å². The van der Waals surface area contributed by atoms with Crippen molar-refractivity contribution in [1.82, 2.24) is 19.7 Å². The Morgan fingerprint density at radius 2 is 2.10 bits per heavy atom. The quantitative estimate of drug-likeness (QED) is 0.753. The van der Waals surface area contributed by atoms with Crippen molar-refractivity contribution in [1.29, 1.82) is 0 Å². The molecule has 0 aliphatic heterocycles. The average molecular weight is 320 g/mol. The zero-order valence-electron chi connectivity index (χ0n) is 10.9. The van der Waals surface area contributed by atoms with Crippen molar-refractivity contribution in [3.63, 3.8) is 0 Å². The summed E-state index contributed by atoms with van der Waals surface area (Å²) >= 11 is 1.61. The Morgan fingerprint density at radius 3 is 2.81 bits per heavy atom. The van der Waals surface area contributed by atoms with E-state index in [2.05, 4.69) is 19.7 Å². The smallest absolute Gasteiger partial charge is 0.257 e. The summed E-state index contributed by atoms with van der Waals surface area (Å²) < 4.78 is 26.5. The lowest BCUT2D eigenvalue weighted by molar-refractivity contribution is 0.578. The molecule has 0 amide bonds. The van der Waals surface area contributed by atoms with Crippen LogP contribution >= 0.6 is 11.3 Å². The van der Waals surface area contributed by atoms with Crippen LogP contribution in [0.5, 0.6) is 0 Å². The number of imidazole rings is 1. The standard InChI is InChI=1S/C13H12N4O2S2/c18-21(19,13-7-15-9-16-13)17-5-10-3-12(6-14-4-10)11-1-2-20-8-11/h1-4,6-9,17H,5H2,(H,15,16). The highest BCUT2D eigenvalue weighted by molar-refractivity contribution is 7.89. The number of thiophene rings is 1. The summed E-state index contributed by atoms with van der Waals surface area (Å²) in [6.45, 7) is 0.173. The van der Waals surface area contributed by atoms with Gasteiger partial charge in [0.25, 0.3) is 10.0 Å². The maximum atomic E-state index is 12.0. The second-order valence-corrected chi connectivity index (χ2v) is 6.85. The van der Waals surface area contributed by atoms with Gasteiger partial charge in [0, 0.05) is 24.5 Å². The van der Waals surface area contributed by atoms with E-state index in [9.17, 15) is 8.42 Å². The third kappa shape index (κ3) is 3.18. The molecule has 0 fully saturated rings. The molecule has 0 atom stereocenters. The molecular weight excluding hydrogens is 308 g/mol. The fourth-order valence-corrected chi connectivity index (χ4v) is 3.40. The van der Waals surface area contributed by atoms with Crippen molar-refractivity contribution < 1.29 is 8.42 Å². The van der Waals surface area contributed by atoms with Crippen LogP contribution in [-0.2, 0) is 16.6 Å². The first-order valence-corrected chi connectivity index (χ1v) is 8.52. The molecule has 0 spiro atoms. The molecule has 0 aliphatic rings. The van der Waals surface area contributed by atoms with Crippen molar-refractivity contribution in [3.05, 3.63) is 53.4 Å². The zero-order valence-corrected chi connectivity index (χ0v) is 12.5. The number of hydrogen-bond acceptors (Lipinski definition) is 5. The van der Waals surface area contributed by atoms with Crippen LogP contribution in [0.15, 0.2) is 52.8 Å². The molecular formula is C13H12N4O2S2. The van der Waals surface area contributed by atoms with Gasteiger partial charge >= 0.3 is 0 Å². The van der Waals surface area contributed by atoms with Crippen LogP contribution in [0.3, 0.4) is 0 Å². The Hall–Kier alpha value is -2.03. The molecule has 0 aromatic carbocycles. The summed E-state index contributed by atoms with van der Waals surface area (Å²) in [4.78, 5) is 10.4. The number of aromatic amines is 1. The molecule has 2 N–H and O–H groups in total. The lowest BCUT2D eigenvalue weighted by atomic mass is 10.1. The van der Waals surface area contributed by atoms with E-state index < -0.39 is 10.0 Å². The van der Waals surface area contributed by atoms with Gasteiger partial charge in [-0.1, -0.05) is 0 Å². The Labute approximate surface area is 126 Å². The number of pyridine rings is 1. The van der Waals surface area contributed by atoms with Gasteiger partial charge in [0.1, 0.15) is 0 Å². The van der Waals surface area contributed by atoms with Gasteiger partial charge in [-0.15, -0.1) is 0 Å². The second-order valence-electron chi connectivity index (χ2n) is 4.33. The van der Waals surface area contributed by atoms with E-state index in [0.717, 1.165) is 16.7 Å². The zero-order chi connectivity index (χ0) is 14.7. The number of nitrogens with one attached hydrogen (secondary N) is 2. The molecule has 108 valence electrons. The Morgan fingerprint density at radius 1 is 1.19 bits per heavy atom. The minimum absolute atomic E-state index is 0.0458. The minimum Gasteiger partial charge on any atom is -0.335 e. The Bertz CT molecular complexity index is 812. The van der Waals surface area contributed by atoms with Gasteiger partial charge in [0.15, 0.2) is 5.03 Å². The predicted octanol–water partition coefficient (Wildman–Crippen LogP) is 2.01. The largest absolute Gasteiger partial charge is 0.335 e. The molecule has 0 saturated heterocycles. The normalized spacial score (nSPS) is 11.6. The highest BCUT2D eigenvalue weighted by Gasteiger charge is 2.15. The van der Waals surface area contributed by atoms with Gasteiger partial charge in [-0.25, -0.2) is 18.1 Å². The Kier molecular flexibility index (Phi) is 3.82. The fourth-order valence-electron chi connectivity index (χ4n) is 1.82. The van der Waals surface area contributed by atoms with E-state index in [4.69, 9.17) is 0 Å². The molecule has 0 bridgehead atoms. The molecule has 0 aliphatic carbocycles. The number of nitrogens with zero attached hydrogens (tertiary/aromatic N) is 2. The maximum Gasteiger partial charge on any atom is 0.257 e. The number of hydrogen-bond donors (Lipinski definition) is 2. The predicted molar refractivity (Wildman–Crippen MR) is 80.2 cm³/mol. The molecule has 3 heterocycles.